The summed E-state index contributed by atoms with van der Waals surface area (Å²) in [6, 6.07) is 0. The van der Waals surface area contributed by atoms with Crippen LogP contribution in [0.2, 0.25) is 0 Å². The maximum absolute atomic E-state index is 8.55. The van der Waals surface area contributed by atoms with Crippen molar-refractivity contribution >= 4 is 0 Å². The van der Waals surface area contributed by atoms with Crippen LogP contribution in [-0.2, 0) is 42.6 Å². The van der Waals surface area contributed by atoms with Gasteiger partial charge in [-0.05, 0) is 0 Å². The minimum Gasteiger partial charge on any atom is -0.394 e. The monoisotopic (exact) mass is 501 g/mol. The molecular weight excluding hydrogens is 454 g/mol. The molecule has 0 rings (SSSR count). The Morgan fingerprint density at radius 1 is 0.294 bits per heavy atom. The van der Waals surface area contributed by atoms with E-state index in [1.165, 1.54) is 0 Å². The zero-order valence-electron chi connectivity index (χ0n) is 20.6. The Hall–Kier alpha value is -0.480. The van der Waals surface area contributed by atoms with Crippen molar-refractivity contribution in [3.05, 3.63) is 0 Å². The van der Waals surface area contributed by atoms with Crippen molar-refractivity contribution in [2.45, 2.75) is 0 Å². The average molecular weight is 502 g/mol. The van der Waals surface area contributed by atoms with Gasteiger partial charge in [0.2, 0.25) is 0 Å². The first kappa shape index (κ1) is 33.5. The van der Waals surface area contributed by atoms with E-state index in [9.17, 15) is 0 Å². The molecule has 34 heavy (non-hydrogen) atoms. The van der Waals surface area contributed by atoms with E-state index in [-0.39, 0.29) is 13.2 Å². The molecule has 12 nitrogen and oxygen atoms in total. The van der Waals surface area contributed by atoms with Gasteiger partial charge in [-0.25, -0.2) is 0 Å². The molecule has 0 amide bonds. The van der Waals surface area contributed by atoms with Gasteiger partial charge in [0.15, 0.2) is 0 Å². The van der Waals surface area contributed by atoms with Crippen LogP contribution >= 0.6 is 0 Å². The predicted molar refractivity (Wildman–Crippen MR) is 124 cm³/mol. The Labute approximate surface area is 204 Å². The predicted octanol–water partition coefficient (Wildman–Crippen LogP) is -1.29. The lowest BCUT2D eigenvalue weighted by Gasteiger charge is -2.09. The summed E-state index contributed by atoms with van der Waals surface area (Å²) in [6.45, 7) is 10.7. The van der Waals surface area contributed by atoms with Gasteiger partial charge < -0.3 is 58.2 Å². The topological polar surface area (TPSA) is 136 Å². The zero-order chi connectivity index (χ0) is 24.6. The third-order valence-corrected chi connectivity index (χ3v) is 3.92. The summed E-state index contributed by atoms with van der Waals surface area (Å²) in [4.78, 5) is 0. The van der Waals surface area contributed by atoms with Crippen LogP contribution in [0, 0.1) is 0 Å². The highest BCUT2D eigenvalue weighted by Gasteiger charge is 1.95. The average Bonchev–Trinajstić information content (AvgIpc) is 2.85. The Bertz CT molecular complexity index is 325. The number of aliphatic hydroxyl groups excluding tert-OH is 2. The smallest absolute Gasteiger partial charge is 0.0701 e. The van der Waals surface area contributed by atoms with Gasteiger partial charge in [-0.3, -0.25) is 0 Å². The Morgan fingerprint density at radius 2 is 0.500 bits per heavy atom. The molecule has 3 N–H and O–H groups in total. The molecule has 0 aromatic rings. The maximum Gasteiger partial charge on any atom is 0.0701 e. The molecule has 0 heterocycles. The molecule has 0 spiro atoms. The van der Waals surface area contributed by atoms with Gasteiger partial charge >= 0.3 is 0 Å². The van der Waals surface area contributed by atoms with Crippen LogP contribution in [0.25, 0.3) is 0 Å². The van der Waals surface area contributed by atoms with Crippen molar-refractivity contribution < 1.29 is 52.8 Å². The van der Waals surface area contributed by atoms with Gasteiger partial charge in [-0.1, -0.05) is 0 Å². The number of hydrogen-bond acceptors (Lipinski definition) is 12. The Kier molecular flexibility index (Phi) is 32.1. The molecule has 0 saturated carbocycles. The van der Waals surface area contributed by atoms with Gasteiger partial charge in [0.25, 0.3) is 0 Å². The van der Waals surface area contributed by atoms with E-state index < -0.39 is 0 Å². The second-order valence-electron chi connectivity index (χ2n) is 6.71. The van der Waals surface area contributed by atoms with Crippen molar-refractivity contribution in [3.8, 4) is 0 Å². The second kappa shape index (κ2) is 32.5. The summed E-state index contributed by atoms with van der Waals surface area (Å²) >= 11 is 0. The van der Waals surface area contributed by atoms with Gasteiger partial charge in [0.1, 0.15) is 0 Å². The molecule has 0 aromatic heterocycles. The van der Waals surface area contributed by atoms with E-state index in [2.05, 4.69) is 5.32 Å². The first-order chi connectivity index (χ1) is 16.9. The molecule has 0 atom stereocenters. The molecule has 0 fully saturated rings. The molecule has 12 heteroatoms. The highest BCUT2D eigenvalue weighted by Crippen LogP contribution is 1.85. The summed E-state index contributed by atoms with van der Waals surface area (Å²) < 4.78 is 47.9. The third-order valence-electron chi connectivity index (χ3n) is 3.92. The Balaban J connectivity index is 2.99. The number of aliphatic hydroxyl groups is 2. The van der Waals surface area contributed by atoms with Crippen LogP contribution in [0.5, 0.6) is 0 Å². The summed E-state index contributed by atoms with van der Waals surface area (Å²) in [5.74, 6) is 0. The minimum atomic E-state index is 0.0287. The maximum atomic E-state index is 8.55. The first-order valence-corrected chi connectivity index (χ1v) is 12.0. The molecule has 0 aromatic carbocycles. The standard InChI is InChI=1S/C22H47NO11/c24-3-7-28-11-15-30-13-9-26-5-1-23-2-6-27-10-14-31-17-19-33-21-22-34-20-18-32-16-12-29-8-4-25/h23-25H,1-22H2. The zero-order valence-corrected chi connectivity index (χ0v) is 20.6. The highest BCUT2D eigenvalue weighted by molar-refractivity contribution is 4.45. The first-order valence-electron chi connectivity index (χ1n) is 12.0. The second-order valence-corrected chi connectivity index (χ2v) is 6.71. The third kappa shape index (κ3) is 31.5. The summed E-state index contributed by atoms with van der Waals surface area (Å²) in [6.07, 6.45) is 0. The number of rotatable bonds is 31. The SMILES string of the molecule is OCCOCCOCCOCCNCCOCCOCCOCCOCCOCCOCCO. The molecule has 0 saturated heterocycles. The van der Waals surface area contributed by atoms with Gasteiger partial charge in [0.05, 0.1) is 132 Å². The number of ether oxygens (including phenoxy) is 9. The van der Waals surface area contributed by atoms with Gasteiger partial charge in [-0.2, -0.15) is 0 Å². The normalized spacial score (nSPS) is 11.5. The van der Waals surface area contributed by atoms with Crippen LogP contribution in [-0.4, -0.2) is 155 Å². The summed E-state index contributed by atoms with van der Waals surface area (Å²) in [5, 5.41) is 20.3. The van der Waals surface area contributed by atoms with E-state index in [0.29, 0.717) is 119 Å². The molecule has 0 unspecified atom stereocenters. The highest BCUT2D eigenvalue weighted by atomic mass is 16.6. The van der Waals surface area contributed by atoms with Crippen LogP contribution in [0.3, 0.4) is 0 Å². The summed E-state index contributed by atoms with van der Waals surface area (Å²) in [5.41, 5.74) is 0. The van der Waals surface area contributed by atoms with E-state index >= 15 is 0 Å². The van der Waals surface area contributed by atoms with Gasteiger partial charge in [-0.15, -0.1) is 0 Å². The molecule has 0 bridgehead atoms. The minimum absolute atomic E-state index is 0.0287. The van der Waals surface area contributed by atoms with Crippen molar-refractivity contribution in [2.24, 2.45) is 0 Å². The van der Waals surface area contributed by atoms with Crippen molar-refractivity contribution in [3.63, 3.8) is 0 Å². The quantitative estimate of drug-likeness (QED) is 0.0975. The van der Waals surface area contributed by atoms with E-state index in [0.717, 1.165) is 13.1 Å². The van der Waals surface area contributed by atoms with Crippen molar-refractivity contribution in [1.82, 2.24) is 5.32 Å². The van der Waals surface area contributed by atoms with Crippen LogP contribution < -0.4 is 5.32 Å². The lowest BCUT2D eigenvalue weighted by molar-refractivity contribution is -0.0180. The van der Waals surface area contributed by atoms with Crippen molar-refractivity contribution in [2.75, 3.05) is 145 Å². The van der Waals surface area contributed by atoms with Crippen molar-refractivity contribution in [1.29, 1.82) is 0 Å². The fourth-order valence-electron chi connectivity index (χ4n) is 2.29. The molecule has 0 aliphatic carbocycles. The fourth-order valence-corrected chi connectivity index (χ4v) is 2.29. The largest absolute Gasteiger partial charge is 0.394 e. The lowest BCUT2D eigenvalue weighted by atomic mass is 10.6. The van der Waals surface area contributed by atoms with Gasteiger partial charge in [0, 0.05) is 13.1 Å². The molecule has 0 radical (unpaired) electrons. The van der Waals surface area contributed by atoms with E-state index in [1.54, 1.807) is 0 Å². The molecule has 206 valence electrons. The molecular formula is C22H47NO11. The van der Waals surface area contributed by atoms with Crippen LogP contribution in [0.15, 0.2) is 0 Å². The summed E-state index contributed by atoms with van der Waals surface area (Å²) in [7, 11) is 0. The number of nitrogens with one attached hydrogen (secondary N) is 1. The lowest BCUT2D eigenvalue weighted by Crippen LogP contribution is -2.25. The molecule has 0 aliphatic heterocycles. The fraction of sp³-hybridized carbons (Fsp3) is 1.00. The van der Waals surface area contributed by atoms with Crippen LogP contribution in [0.4, 0.5) is 0 Å². The number of hydrogen-bond donors (Lipinski definition) is 3. The van der Waals surface area contributed by atoms with Crippen LogP contribution in [0.1, 0.15) is 0 Å². The Morgan fingerprint density at radius 3 is 0.735 bits per heavy atom. The molecule has 0 aliphatic rings. The van der Waals surface area contributed by atoms with E-state index in [1.807, 2.05) is 0 Å². The van der Waals surface area contributed by atoms with E-state index in [4.69, 9.17) is 52.8 Å².